The summed E-state index contributed by atoms with van der Waals surface area (Å²) in [6, 6.07) is 2.39. The number of halogens is 1. The Kier molecular flexibility index (Phi) is 14.6. The lowest BCUT2D eigenvalue weighted by Gasteiger charge is -2.16. The highest BCUT2D eigenvalue weighted by Crippen LogP contribution is 2.63. The van der Waals surface area contributed by atoms with Gasteiger partial charge in [0.15, 0.2) is 0 Å². The Hall–Kier alpha value is -1.24. The molecule has 0 aromatic rings. The first-order valence-corrected chi connectivity index (χ1v) is 12.3. The van der Waals surface area contributed by atoms with Gasteiger partial charge in [0.25, 0.3) is 0 Å². The number of fused-ring (bicyclic) bond motifs is 3. The van der Waals surface area contributed by atoms with E-state index >= 15 is 0 Å². The molecule has 2 saturated heterocycles. The first-order valence-electron chi connectivity index (χ1n) is 12.3. The van der Waals surface area contributed by atoms with E-state index in [1.807, 2.05) is 0 Å². The molecule has 37 heavy (non-hydrogen) atoms. The third-order valence-electron chi connectivity index (χ3n) is 9.41. The van der Waals surface area contributed by atoms with Crippen LogP contribution in [0, 0.1) is 63.1 Å². The average molecular weight is 547 g/mol. The van der Waals surface area contributed by atoms with Crippen molar-refractivity contribution < 1.29 is 19.7 Å². The molecule has 0 spiro atoms. The molecule has 6 aliphatic rings. The predicted octanol–water partition coefficient (Wildman–Crippen LogP) is 3.41. The van der Waals surface area contributed by atoms with E-state index in [-0.39, 0.29) is 45.3 Å². The van der Waals surface area contributed by atoms with Crippen LogP contribution in [0.5, 0.6) is 0 Å². The Labute approximate surface area is 232 Å². The number of nitrogens with one attached hydrogen (secondary N) is 2. The lowest BCUT2D eigenvalue weighted by atomic mass is 10.0. The highest BCUT2D eigenvalue weighted by atomic mass is 35.5. The number of aliphatic hydroxyl groups excluding tert-OH is 2. The molecule has 4 N–H and O–H groups in total. The number of aliphatic hydroxyl groups is 2. The van der Waals surface area contributed by atoms with Crippen LogP contribution in [0.1, 0.15) is 56.4 Å². The van der Waals surface area contributed by atoms with E-state index in [0.717, 1.165) is 51.6 Å². The average Bonchev–Trinajstić information content (AvgIpc) is 3.47. The Balaban J connectivity index is 0. The second kappa shape index (κ2) is 14.2. The van der Waals surface area contributed by atoms with Crippen molar-refractivity contribution in [3.8, 4) is 6.07 Å². The third kappa shape index (κ3) is 7.05. The Morgan fingerprint density at radius 1 is 0.919 bits per heavy atom. The van der Waals surface area contributed by atoms with Crippen LogP contribution in [0.3, 0.4) is 0 Å². The standard InChI is InChI=1S/C9H15NO2.C8H12N2.C7H11N.2CH4O.2CH4.ClH/c1-9(2)5-4-10-7(6(5)9)8(11)12-3;1-8(2)5-4-10-6(3-9)7(5)8;1-7(2)5-3-8-4-6(5)7;2*1-2;;;/h5-7,10H,4H2,1-3H3;5-7,10H,4H2,1-2H3;3,5-6H,4H2,1-2H3;2*2H,1H3;2*1H4;1H/t5?,6?,7-;5?,6-,7?;;;;;;/m01....../s1. The van der Waals surface area contributed by atoms with Crippen LogP contribution in [-0.4, -0.2) is 75.4 Å². The zero-order valence-electron chi connectivity index (χ0n) is 22.8. The Bertz CT molecular complexity index is 796. The van der Waals surface area contributed by atoms with E-state index in [1.165, 1.54) is 7.11 Å². The van der Waals surface area contributed by atoms with Crippen molar-refractivity contribution in [2.75, 3.05) is 41.0 Å². The summed E-state index contributed by atoms with van der Waals surface area (Å²) < 4.78 is 4.72. The number of nitriles is 1. The van der Waals surface area contributed by atoms with Gasteiger partial charge in [-0.25, -0.2) is 0 Å². The van der Waals surface area contributed by atoms with Crippen LogP contribution in [0.2, 0.25) is 0 Å². The molecular weight excluding hydrogens is 492 g/mol. The summed E-state index contributed by atoms with van der Waals surface area (Å²) in [5.74, 6) is 4.24. The minimum Gasteiger partial charge on any atom is -0.468 e. The number of carbonyl (C=O) groups excluding carboxylic acids is 1. The minimum atomic E-state index is -0.104. The molecular formula is C28H55ClN4O4. The molecule has 0 bridgehead atoms. The molecule has 9 heteroatoms. The topological polar surface area (TPSA) is 127 Å². The molecule has 3 aliphatic carbocycles. The first-order chi connectivity index (χ1) is 16.0. The normalized spacial score (nSPS) is 37.0. The third-order valence-corrected chi connectivity index (χ3v) is 9.41. The lowest BCUT2D eigenvalue weighted by Crippen LogP contribution is -2.38. The minimum absolute atomic E-state index is 0. The Morgan fingerprint density at radius 2 is 1.41 bits per heavy atom. The number of esters is 1. The molecule has 3 aliphatic heterocycles. The van der Waals surface area contributed by atoms with Crippen LogP contribution >= 0.6 is 12.4 Å². The van der Waals surface area contributed by atoms with E-state index in [0.29, 0.717) is 34.0 Å². The van der Waals surface area contributed by atoms with Gasteiger partial charge in [0.1, 0.15) is 6.04 Å². The highest BCUT2D eigenvalue weighted by molar-refractivity contribution is 5.85. The van der Waals surface area contributed by atoms with Crippen LogP contribution in [0.4, 0.5) is 0 Å². The van der Waals surface area contributed by atoms with Gasteiger partial charge in [-0.05, 0) is 52.4 Å². The molecule has 0 amide bonds. The molecule has 218 valence electrons. The highest BCUT2D eigenvalue weighted by Gasteiger charge is 2.66. The smallest absolute Gasteiger partial charge is 0.323 e. The van der Waals surface area contributed by atoms with Crippen LogP contribution in [0.25, 0.3) is 0 Å². The molecule has 0 aromatic heterocycles. The molecule has 8 nitrogen and oxygen atoms in total. The SMILES string of the molecule is C.C.CC1(C)C2C=NCC21.CC1(C)C2CN[C@H](C#N)C21.CO.CO.COC(=O)[C@H]1NCC2C1C2(C)C.Cl. The van der Waals surface area contributed by atoms with Gasteiger partial charge in [0, 0.05) is 39.4 Å². The van der Waals surface area contributed by atoms with E-state index in [9.17, 15) is 4.79 Å². The number of rotatable bonds is 1. The van der Waals surface area contributed by atoms with Crippen LogP contribution in [0.15, 0.2) is 4.99 Å². The van der Waals surface area contributed by atoms with Crippen molar-refractivity contribution in [2.24, 2.45) is 56.7 Å². The number of carbonyl (C=O) groups is 1. The van der Waals surface area contributed by atoms with E-state index < -0.39 is 0 Å². The molecule has 0 radical (unpaired) electrons. The fourth-order valence-corrected chi connectivity index (χ4v) is 6.64. The summed E-state index contributed by atoms with van der Waals surface area (Å²) >= 11 is 0. The molecule has 6 rings (SSSR count). The number of hydrogen-bond donors (Lipinski definition) is 4. The lowest BCUT2D eigenvalue weighted by molar-refractivity contribution is -0.143. The first kappa shape index (κ1) is 37.9. The van der Waals surface area contributed by atoms with Crippen molar-refractivity contribution in [1.82, 2.24) is 10.6 Å². The Morgan fingerprint density at radius 3 is 1.68 bits per heavy atom. The summed E-state index contributed by atoms with van der Waals surface area (Å²) in [6.07, 6.45) is 2.13. The van der Waals surface area contributed by atoms with Gasteiger partial charge in [0.2, 0.25) is 0 Å². The number of piperidine rings is 2. The van der Waals surface area contributed by atoms with Gasteiger partial charge in [-0.3, -0.25) is 9.79 Å². The van der Waals surface area contributed by atoms with Crippen LogP contribution in [-0.2, 0) is 9.53 Å². The maximum atomic E-state index is 11.3. The second-order valence-corrected chi connectivity index (χ2v) is 11.8. The van der Waals surface area contributed by atoms with Crippen LogP contribution < -0.4 is 10.6 Å². The van der Waals surface area contributed by atoms with Gasteiger partial charge in [-0.1, -0.05) is 56.4 Å². The number of methoxy groups -OCH3 is 1. The summed E-state index contributed by atoms with van der Waals surface area (Å²) in [4.78, 5) is 15.4. The molecule has 6 unspecified atom stereocenters. The van der Waals surface area contributed by atoms with Crippen molar-refractivity contribution in [3.05, 3.63) is 0 Å². The van der Waals surface area contributed by atoms with E-state index in [1.54, 1.807) is 0 Å². The summed E-state index contributed by atoms with van der Waals surface area (Å²) in [5, 5.41) is 29.1. The van der Waals surface area contributed by atoms with E-state index in [4.69, 9.17) is 20.2 Å². The summed E-state index contributed by atoms with van der Waals surface area (Å²) in [6.45, 7) is 16.7. The molecule has 3 saturated carbocycles. The maximum absolute atomic E-state index is 11.3. The summed E-state index contributed by atoms with van der Waals surface area (Å²) in [7, 11) is 3.45. The number of aliphatic imine (C=N–C) groups is 1. The van der Waals surface area contributed by atoms with Gasteiger partial charge in [0.05, 0.1) is 19.2 Å². The second-order valence-electron chi connectivity index (χ2n) is 11.8. The van der Waals surface area contributed by atoms with Crippen molar-refractivity contribution in [1.29, 1.82) is 5.26 Å². The van der Waals surface area contributed by atoms with E-state index in [2.05, 4.69) is 69.5 Å². The van der Waals surface area contributed by atoms with Crippen molar-refractivity contribution in [2.45, 2.75) is 68.5 Å². The van der Waals surface area contributed by atoms with Gasteiger partial charge in [-0.15, -0.1) is 12.4 Å². The number of hydrogen-bond acceptors (Lipinski definition) is 8. The van der Waals surface area contributed by atoms with Crippen molar-refractivity contribution in [3.63, 3.8) is 0 Å². The van der Waals surface area contributed by atoms with Gasteiger partial charge >= 0.3 is 5.97 Å². The number of nitrogens with zero attached hydrogens (tertiary/aromatic N) is 2. The fraction of sp³-hybridized carbons (Fsp3) is 0.893. The largest absolute Gasteiger partial charge is 0.468 e. The summed E-state index contributed by atoms with van der Waals surface area (Å²) in [5.41, 5.74) is 1.41. The zero-order chi connectivity index (χ0) is 26.1. The molecule has 3 heterocycles. The molecule has 5 fully saturated rings. The quantitative estimate of drug-likeness (QED) is 0.371. The zero-order valence-corrected chi connectivity index (χ0v) is 23.6. The van der Waals surface area contributed by atoms with Crippen molar-refractivity contribution >= 4 is 24.6 Å². The number of ether oxygens (including phenoxy) is 1. The predicted molar refractivity (Wildman–Crippen MR) is 154 cm³/mol. The molecule has 8 atom stereocenters. The molecule has 0 aromatic carbocycles. The van der Waals surface area contributed by atoms with Gasteiger partial charge < -0.3 is 25.6 Å². The van der Waals surface area contributed by atoms with Gasteiger partial charge in [-0.2, -0.15) is 5.26 Å². The monoisotopic (exact) mass is 546 g/mol. The maximum Gasteiger partial charge on any atom is 0.323 e. The fourth-order valence-electron chi connectivity index (χ4n) is 6.64.